The number of benzene rings is 1. The Morgan fingerprint density at radius 1 is 1.26 bits per heavy atom. The molecule has 1 aliphatic carbocycles. The van der Waals surface area contributed by atoms with Gasteiger partial charge in [0.2, 0.25) is 10.0 Å². The second-order valence-corrected chi connectivity index (χ2v) is 10.5. The molecule has 0 radical (unpaired) electrons. The highest BCUT2D eigenvalue weighted by atomic mass is 32.2. The quantitative estimate of drug-likeness (QED) is 0.510. The van der Waals surface area contributed by atoms with Crippen molar-refractivity contribution in [3.05, 3.63) is 52.1 Å². The minimum Gasteiger partial charge on any atom is -0.369 e. The van der Waals surface area contributed by atoms with Crippen molar-refractivity contribution in [1.29, 1.82) is 0 Å². The molecule has 2 heterocycles. The number of nitro groups is 1. The van der Waals surface area contributed by atoms with Crippen molar-refractivity contribution < 1.29 is 13.3 Å². The lowest BCUT2D eigenvalue weighted by Gasteiger charge is -2.30. The van der Waals surface area contributed by atoms with E-state index in [0.717, 1.165) is 37.4 Å². The third kappa shape index (κ3) is 4.69. The molecule has 1 aromatic carbocycles. The van der Waals surface area contributed by atoms with Crippen LogP contribution < -0.4 is 5.32 Å². The molecule has 2 fully saturated rings. The van der Waals surface area contributed by atoms with Gasteiger partial charge in [-0.2, -0.15) is 4.31 Å². The Morgan fingerprint density at radius 2 is 2.03 bits per heavy atom. The van der Waals surface area contributed by atoms with Crippen molar-refractivity contribution >= 4 is 21.4 Å². The fourth-order valence-electron chi connectivity index (χ4n) is 4.07. The number of hydrogen-bond acceptors (Lipinski definition) is 7. The molecule has 2 aromatic rings. The van der Waals surface area contributed by atoms with Gasteiger partial charge in [0.1, 0.15) is 5.69 Å². The first-order chi connectivity index (χ1) is 14.8. The van der Waals surface area contributed by atoms with Gasteiger partial charge in [0.05, 0.1) is 15.9 Å². The number of piperidine rings is 1. The molecule has 1 saturated heterocycles. The summed E-state index contributed by atoms with van der Waals surface area (Å²) < 4.78 is 27.6. The zero-order chi connectivity index (χ0) is 22.2. The number of sulfonamides is 1. The van der Waals surface area contributed by atoms with E-state index in [1.54, 1.807) is 12.3 Å². The van der Waals surface area contributed by atoms with E-state index in [-0.39, 0.29) is 28.2 Å². The van der Waals surface area contributed by atoms with Crippen LogP contribution in [0.4, 0.5) is 11.4 Å². The number of anilines is 1. The molecule has 0 bridgehead atoms. The predicted octanol–water partition coefficient (Wildman–Crippen LogP) is 3.68. The first kappa shape index (κ1) is 21.6. The van der Waals surface area contributed by atoms with Gasteiger partial charge in [0.15, 0.2) is 5.82 Å². The SMILES string of the molecule is Cc1ccnc([C@@H](Nc2ccc(S(=O)(=O)N3CCC[C@H](C)C3)cc2[N+](=O)[O-])C2CC2)n1. The Morgan fingerprint density at radius 3 is 2.68 bits per heavy atom. The van der Waals surface area contributed by atoms with Crippen LogP contribution in [-0.2, 0) is 10.0 Å². The van der Waals surface area contributed by atoms with Gasteiger partial charge in [-0.1, -0.05) is 6.92 Å². The van der Waals surface area contributed by atoms with Crippen molar-refractivity contribution in [3.8, 4) is 0 Å². The molecule has 1 aromatic heterocycles. The summed E-state index contributed by atoms with van der Waals surface area (Å²) in [5, 5.41) is 15.0. The standard InChI is InChI=1S/C21H27N5O4S/c1-14-4-3-11-25(13-14)31(29,30)17-7-8-18(19(12-17)26(27)28)24-20(16-5-6-16)21-22-10-9-15(2)23-21/h7-10,12,14,16,20,24H,3-6,11,13H2,1-2H3/t14-,20-/m0/s1. The van der Waals surface area contributed by atoms with Gasteiger partial charge < -0.3 is 5.32 Å². The van der Waals surface area contributed by atoms with E-state index in [4.69, 9.17) is 0 Å². The summed E-state index contributed by atoms with van der Waals surface area (Å²) in [5.41, 5.74) is 0.839. The number of aromatic nitrogens is 2. The summed E-state index contributed by atoms with van der Waals surface area (Å²) in [6.07, 6.45) is 5.43. The van der Waals surface area contributed by atoms with Crippen LogP contribution in [0.1, 0.15) is 50.2 Å². The second kappa shape index (κ2) is 8.51. The largest absolute Gasteiger partial charge is 0.369 e. The first-order valence-electron chi connectivity index (χ1n) is 10.6. The van der Waals surface area contributed by atoms with Crippen LogP contribution in [0.3, 0.4) is 0 Å². The van der Waals surface area contributed by atoms with Gasteiger partial charge in [-0.3, -0.25) is 10.1 Å². The number of rotatable bonds is 7. The normalized spacial score (nSPS) is 20.9. The molecular weight excluding hydrogens is 418 g/mol. The Labute approximate surface area is 182 Å². The van der Waals surface area contributed by atoms with Gasteiger partial charge in [0.25, 0.3) is 5.69 Å². The van der Waals surface area contributed by atoms with Gasteiger partial charge >= 0.3 is 0 Å². The summed E-state index contributed by atoms with van der Waals surface area (Å²) in [6.45, 7) is 4.76. The molecule has 0 unspecified atom stereocenters. The van der Waals surface area contributed by atoms with Crippen molar-refractivity contribution in [1.82, 2.24) is 14.3 Å². The Balaban J connectivity index is 1.65. The second-order valence-electron chi connectivity index (χ2n) is 8.56. The number of nitrogens with zero attached hydrogens (tertiary/aromatic N) is 4. The lowest BCUT2D eigenvalue weighted by Crippen LogP contribution is -2.39. The number of hydrogen-bond donors (Lipinski definition) is 1. The third-order valence-electron chi connectivity index (χ3n) is 5.92. The summed E-state index contributed by atoms with van der Waals surface area (Å²) in [4.78, 5) is 20.1. The topological polar surface area (TPSA) is 118 Å². The van der Waals surface area contributed by atoms with Crippen LogP contribution in [0, 0.1) is 28.9 Å². The average molecular weight is 446 g/mol. The highest BCUT2D eigenvalue weighted by Crippen LogP contribution is 2.43. The van der Waals surface area contributed by atoms with Crippen LogP contribution in [0.15, 0.2) is 35.4 Å². The van der Waals surface area contributed by atoms with E-state index in [2.05, 4.69) is 15.3 Å². The molecule has 1 aliphatic heterocycles. The van der Waals surface area contributed by atoms with Gasteiger partial charge in [-0.15, -0.1) is 0 Å². The fraction of sp³-hybridized carbons (Fsp3) is 0.524. The van der Waals surface area contributed by atoms with Crippen molar-refractivity contribution in [2.75, 3.05) is 18.4 Å². The molecule has 0 amide bonds. The van der Waals surface area contributed by atoms with E-state index in [9.17, 15) is 18.5 Å². The predicted molar refractivity (Wildman–Crippen MR) is 116 cm³/mol. The van der Waals surface area contributed by atoms with Crippen molar-refractivity contribution in [2.45, 2.75) is 50.5 Å². The maximum Gasteiger partial charge on any atom is 0.293 e. The zero-order valence-electron chi connectivity index (χ0n) is 17.7. The lowest BCUT2D eigenvalue weighted by atomic mass is 10.0. The van der Waals surface area contributed by atoms with E-state index in [1.165, 1.54) is 16.4 Å². The first-order valence-corrected chi connectivity index (χ1v) is 12.0. The number of aryl methyl sites for hydroxylation is 1. The van der Waals surface area contributed by atoms with Gasteiger partial charge in [0, 0.05) is 31.0 Å². The minimum absolute atomic E-state index is 0.0476. The third-order valence-corrected chi connectivity index (χ3v) is 7.78. The van der Waals surface area contributed by atoms with Crippen LogP contribution in [0.2, 0.25) is 0 Å². The molecule has 0 spiro atoms. The number of nitro benzene ring substituents is 1. The molecular formula is C21H27N5O4S. The van der Waals surface area contributed by atoms with Crippen molar-refractivity contribution in [3.63, 3.8) is 0 Å². The summed E-state index contributed by atoms with van der Waals surface area (Å²) >= 11 is 0. The maximum atomic E-state index is 13.1. The van der Waals surface area contributed by atoms with E-state index in [1.807, 2.05) is 13.8 Å². The summed E-state index contributed by atoms with van der Waals surface area (Å²) in [6, 6.07) is 5.65. The Kier molecular flexibility index (Phi) is 5.94. The van der Waals surface area contributed by atoms with Crippen LogP contribution in [-0.4, -0.2) is 40.7 Å². The zero-order valence-corrected chi connectivity index (χ0v) is 18.5. The number of nitrogens with one attached hydrogen (secondary N) is 1. The summed E-state index contributed by atoms with van der Waals surface area (Å²) in [5.74, 6) is 1.16. The van der Waals surface area contributed by atoms with Crippen molar-refractivity contribution in [2.24, 2.45) is 11.8 Å². The fourth-order valence-corrected chi connectivity index (χ4v) is 5.69. The van der Waals surface area contributed by atoms with Crippen LogP contribution >= 0.6 is 0 Å². The molecule has 9 nitrogen and oxygen atoms in total. The molecule has 1 saturated carbocycles. The molecule has 2 atom stereocenters. The van der Waals surface area contributed by atoms with Gasteiger partial charge in [-0.25, -0.2) is 18.4 Å². The monoisotopic (exact) mass is 445 g/mol. The maximum absolute atomic E-state index is 13.1. The lowest BCUT2D eigenvalue weighted by molar-refractivity contribution is -0.384. The molecule has 31 heavy (non-hydrogen) atoms. The summed E-state index contributed by atoms with van der Waals surface area (Å²) in [7, 11) is -3.78. The van der Waals surface area contributed by atoms with Crippen LogP contribution in [0.25, 0.3) is 0 Å². The Bertz CT molecular complexity index is 1090. The van der Waals surface area contributed by atoms with Crippen LogP contribution in [0.5, 0.6) is 0 Å². The van der Waals surface area contributed by atoms with E-state index >= 15 is 0 Å². The minimum atomic E-state index is -3.78. The Hall–Kier alpha value is -2.59. The highest BCUT2D eigenvalue weighted by molar-refractivity contribution is 7.89. The molecule has 1 N–H and O–H groups in total. The average Bonchev–Trinajstić information content (AvgIpc) is 3.57. The molecule has 166 valence electrons. The van der Waals surface area contributed by atoms with E-state index < -0.39 is 14.9 Å². The molecule has 4 rings (SSSR count). The van der Waals surface area contributed by atoms with Gasteiger partial charge in [-0.05, 0) is 62.6 Å². The smallest absolute Gasteiger partial charge is 0.293 e. The molecule has 10 heteroatoms. The highest BCUT2D eigenvalue weighted by Gasteiger charge is 2.36. The van der Waals surface area contributed by atoms with E-state index in [0.29, 0.717) is 24.8 Å². The molecule has 2 aliphatic rings.